The van der Waals surface area contributed by atoms with E-state index >= 15 is 0 Å². The van der Waals surface area contributed by atoms with E-state index in [-0.39, 0.29) is 5.69 Å². The molecule has 2 N–H and O–H groups in total. The number of anilines is 1. The molecular formula is C7H5N3O2S. The van der Waals surface area contributed by atoms with Gasteiger partial charge in [-0.1, -0.05) is 0 Å². The molecule has 0 radical (unpaired) electrons. The Morgan fingerprint density at radius 2 is 2.31 bits per heavy atom. The SMILES string of the molecule is Nc1cc([N+](=O)[O-])cc2scnc12. The minimum Gasteiger partial charge on any atom is -0.397 e. The van der Waals surface area contributed by atoms with Gasteiger partial charge < -0.3 is 5.73 Å². The predicted octanol–water partition coefficient (Wildman–Crippen LogP) is 1.79. The van der Waals surface area contributed by atoms with E-state index in [4.69, 9.17) is 5.73 Å². The van der Waals surface area contributed by atoms with Gasteiger partial charge in [-0.25, -0.2) is 4.98 Å². The van der Waals surface area contributed by atoms with Gasteiger partial charge in [0.1, 0.15) is 5.52 Å². The molecule has 2 aromatic rings. The maximum absolute atomic E-state index is 10.5. The van der Waals surface area contributed by atoms with Crippen LogP contribution in [0.2, 0.25) is 0 Å². The first-order valence-corrected chi connectivity index (χ1v) is 4.33. The van der Waals surface area contributed by atoms with Crippen LogP contribution in [0.15, 0.2) is 17.6 Å². The van der Waals surface area contributed by atoms with E-state index in [0.29, 0.717) is 11.2 Å². The molecule has 0 bridgehead atoms. The van der Waals surface area contributed by atoms with Crippen molar-refractivity contribution in [2.75, 3.05) is 5.73 Å². The summed E-state index contributed by atoms with van der Waals surface area (Å²) >= 11 is 1.34. The van der Waals surface area contributed by atoms with Crippen LogP contribution in [0.25, 0.3) is 10.2 Å². The fourth-order valence-corrected chi connectivity index (χ4v) is 1.83. The highest BCUT2D eigenvalue weighted by molar-refractivity contribution is 7.16. The number of rotatable bonds is 1. The fourth-order valence-electron chi connectivity index (χ4n) is 1.08. The number of aromatic nitrogens is 1. The van der Waals surface area contributed by atoms with Crippen LogP contribution in [0, 0.1) is 10.1 Å². The zero-order valence-electron chi connectivity index (χ0n) is 6.43. The van der Waals surface area contributed by atoms with Gasteiger partial charge in [-0.05, 0) is 0 Å². The van der Waals surface area contributed by atoms with Crippen molar-refractivity contribution in [2.24, 2.45) is 0 Å². The van der Waals surface area contributed by atoms with Gasteiger partial charge in [0.15, 0.2) is 0 Å². The van der Waals surface area contributed by atoms with Crippen LogP contribution in [-0.2, 0) is 0 Å². The maximum atomic E-state index is 10.5. The van der Waals surface area contributed by atoms with Crippen molar-refractivity contribution in [3.8, 4) is 0 Å². The number of nitro benzene ring substituents is 1. The lowest BCUT2D eigenvalue weighted by Gasteiger charge is -1.94. The first-order chi connectivity index (χ1) is 6.18. The van der Waals surface area contributed by atoms with Gasteiger partial charge in [-0.3, -0.25) is 10.1 Å². The highest BCUT2D eigenvalue weighted by atomic mass is 32.1. The number of fused-ring (bicyclic) bond motifs is 1. The van der Waals surface area contributed by atoms with E-state index in [1.807, 2.05) is 0 Å². The third-order valence-electron chi connectivity index (χ3n) is 1.66. The van der Waals surface area contributed by atoms with Crippen molar-refractivity contribution in [1.82, 2.24) is 4.98 Å². The van der Waals surface area contributed by atoms with Crippen molar-refractivity contribution < 1.29 is 4.92 Å². The third-order valence-corrected chi connectivity index (χ3v) is 2.44. The molecule has 1 aromatic carbocycles. The van der Waals surface area contributed by atoms with Crippen LogP contribution < -0.4 is 5.73 Å². The molecule has 0 spiro atoms. The largest absolute Gasteiger partial charge is 0.397 e. The second-order valence-electron chi connectivity index (χ2n) is 2.49. The smallest absolute Gasteiger partial charge is 0.273 e. The average Bonchev–Trinajstić information content (AvgIpc) is 2.51. The highest BCUT2D eigenvalue weighted by Crippen LogP contribution is 2.28. The zero-order chi connectivity index (χ0) is 9.42. The second-order valence-corrected chi connectivity index (χ2v) is 3.38. The summed E-state index contributed by atoms with van der Waals surface area (Å²) in [5.74, 6) is 0. The van der Waals surface area contributed by atoms with Crippen molar-refractivity contribution in [1.29, 1.82) is 0 Å². The molecule has 6 heteroatoms. The Balaban J connectivity index is 2.77. The number of nitrogens with two attached hydrogens (primary N) is 1. The topological polar surface area (TPSA) is 82.0 Å². The first-order valence-electron chi connectivity index (χ1n) is 3.45. The van der Waals surface area contributed by atoms with Crippen LogP contribution >= 0.6 is 11.3 Å². The highest BCUT2D eigenvalue weighted by Gasteiger charge is 2.10. The number of nitro groups is 1. The summed E-state index contributed by atoms with van der Waals surface area (Å²) in [4.78, 5) is 14.0. The normalized spacial score (nSPS) is 10.5. The number of thiazole rings is 1. The Labute approximate surface area is 77.0 Å². The van der Waals surface area contributed by atoms with Gasteiger partial charge in [0.2, 0.25) is 0 Å². The van der Waals surface area contributed by atoms with E-state index in [0.717, 1.165) is 4.70 Å². The molecule has 0 saturated heterocycles. The van der Waals surface area contributed by atoms with E-state index in [1.165, 1.54) is 23.5 Å². The number of nitrogens with zero attached hydrogens (tertiary/aromatic N) is 2. The summed E-state index contributed by atoms with van der Waals surface area (Å²) in [7, 11) is 0. The maximum Gasteiger partial charge on any atom is 0.273 e. The minimum absolute atomic E-state index is 0.00856. The third kappa shape index (κ3) is 1.20. The minimum atomic E-state index is -0.463. The van der Waals surface area contributed by atoms with Crippen LogP contribution in [0.4, 0.5) is 11.4 Å². The predicted molar refractivity (Wildman–Crippen MR) is 50.7 cm³/mol. The van der Waals surface area contributed by atoms with E-state index in [1.54, 1.807) is 5.51 Å². The van der Waals surface area contributed by atoms with Crippen molar-refractivity contribution in [3.05, 3.63) is 27.8 Å². The fraction of sp³-hybridized carbons (Fsp3) is 0. The van der Waals surface area contributed by atoms with Gasteiger partial charge in [0, 0.05) is 12.1 Å². The molecule has 0 aliphatic rings. The Morgan fingerprint density at radius 3 is 3.00 bits per heavy atom. The average molecular weight is 195 g/mol. The molecule has 0 aliphatic carbocycles. The van der Waals surface area contributed by atoms with Crippen LogP contribution in [-0.4, -0.2) is 9.91 Å². The van der Waals surface area contributed by atoms with Crippen LogP contribution in [0.3, 0.4) is 0 Å². The summed E-state index contributed by atoms with van der Waals surface area (Å²) < 4.78 is 0.742. The second kappa shape index (κ2) is 2.67. The van der Waals surface area contributed by atoms with Crippen molar-refractivity contribution in [3.63, 3.8) is 0 Å². The molecule has 0 aliphatic heterocycles. The Morgan fingerprint density at radius 1 is 1.54 bits per heavy atom. The molecule has 13 heavy (non-hydrogen) atoms. The summed E-state index contributed by atoms with van der Waals surface area (Å²) in [6.07, 6.45) is 0. The first kappa shape index (κ1) is 7.93. The van der Waals surface area contributed by atoms with E-state index in [9.17, 15) is 10.1 Å². The number of benzene rings is 1. The molecule has 0 fully saturated rings. The van der Waals surface area contributed by atoms with Gasteiger partial charge in [-0.15, -0.1) is 11.3 Å². The summed E-state index contributed by atoms with van der Waals surface area (Å²) in [5.41, 5.74) is 8.19. The molecule has 66 valence electrons. The molecule has 0 unspecified atom stereocenters. The zero-order valence-corrected chi connectivity index (χ0v) is 7.25. The molecule has 1 heterocycles. The Hall–Kier alpha value is -1.69. The summed E-state index contributed by atoms with van der Waals surface area (Å²) in [5, 5.41) is 10.5. The van der Waals surface area contributed by atoms with Gasteiger partial charge >= 0.3 is 0 Å². The van der Waals surface area contributed by atoms with Crippen LogP contribution in [0.1, 0.15) is 0 Å². The van der Waals surface area contributed by atoms with E-state index in [2.05, 4.69) is 4.98 Å². The number of hydrogen-bond donors (Lipinski definition) is 1. The lowest BCUT2D eigenvalue weighted by atomic mass is 10.2. The van der Waals surface area contributed by atoms with Crippen molar-refractivity contribution in [2.45, 2.75) is 0 Å². The molecule has 0 atom stereocenters. The van der Waals surface area contributed by atoms with Crippen molar-refractivity contribution >= 4 is 32.9 Å². The van der Waals surface area contributed by atoms with Gasteiger partial charge in [0.25, 0.3) is 5.69 Å². The van der Waals surface area contributed by atoms with Gasteiger partial charge in [0.05, 0.1) is 20.8 Å². The monoisotopic (exact) mass is 195 g/mol. The molecule has 0 saturated carbocycles. The number of non-ortho nitro benzene ring substituents is 1. The van der Waals surface area contributed by atoms with Crippen LogP contribution in [0.5, 0.6) is 0 Å². The number of nitrogen functional groups attached to an aromatic ring is 1. The quantitative estimate of drug-likeness (QED) is 0.427. The number of hydrogen-bond acceptors (Lipinski definition) is 5. The van der Waals surface area contributed by atoms with E-state index < -0.39 is 4.92 Å². The van der Waals surface area contributed by atoms with Gasteiger partial charge in [-0.2, -0.15) is 0 Å². The molecular weight excluding hydrogens is 190 g/mol. The standard InChI is InChI=1S/C7H5N3O2S/c8-5-1-4(10(11)12)2-6-7(5)9-3-13-6/h1-3H,8H2. The lowest BCUT2D eigenvalue weighted by Crippen LogP contribution is -1.91. The molecule has 2 rings (SSSR count). The Bertz CT molecular complexity index is 480. The molecule has 0 amide bonds. The lowest BCUT2D eigenvalue weighted by molar-refractivity contribution is -0.384. The summed E-state index contributed by atoms with van der Waals surface area (Å²) in [6.45, 7) is 0. The Kier molecular flexibility index (Phi) is 1.63. The molecule has 5 nitrogen and oxygen atoms in total. The molecule has 1 aromatic heterocycles. The summed E-state index contributed by atoms with van der Waals surface area (Å²) in [6, 6.07) is 2.80.